The fourth-order valence-electron chi connectivity index (χ4n) is 1.87. The summed E-state index contributed by atoms with van der Waals surface area (Å²) in [4.78, 5) is 11.0. The molecule has 0 aliphatic rings. The molecule has 0 aliphatic heterocycles. The molecule has 2 rings (SSSR count). The lowest BCUT2D eigenvalue weighted by Crippen LogP contribution is -2.10. The van der Waals surface area contributed by atoms with E-state index in [1.54, 1.807) is 0 Å². The van der Waals surface area contributed by atoms with Gasteiger partial charge in [-0.2, -0.15) is 18.3 Å². The lowest BCUT2D eigenvalue weighted by molar-refractivity contribution is -0.137. The number of aromatic nitrogens is 2. The highest BCUT2D eigenvalue weighted by atomic mass is 19.4. The first kappa shape index (κ1) is 14.0. The maximum absolute atomic E-state index is 13.0. The average Bonchev–Trinajstić information content (AvgIpc) is 2.70. The molecule has 0 fully saturated rings. The maximum Gasteiger partial charge on any atom is 0.417 e. The largest absolute Gasteiger partial charge is 0.478 e. The van der Waals surface area contributed by atoms with Crippen LogP contribution in [0.4, 0.5) is 17.6 Å². The second-order valence-corrected chi connectivity index (χ2v) is 4.02. The van der Waals surface area contributed by atoms with Crippen molar-refractivity contribution in [3.8, 4) is 11.3 Å². The van der Waals surface area contributed by atoms with Crippen LogP contribution in [0, 0.1) is 5.82 Å². The van der Waals surface area contributed by atoms with Gasteiger partial charge in [0.15, 0.2) is 0 Å². The van der Waals surface area contributed by atoms with Gasteiger partial charge in [0.25, 0.3) is 0 Å². The van der Waals surface area contributed by atoms with Gasteiger partial charge >= 0.3 is 12.1 Å². The third kappa shape index (κ3) is 2.36. The number of rotatable bonds is 2. The third-order valence-corrected chi connectivity index (χ3v) is 2.71. The van der Waals surface area contributed by atoms with Crippen LogP contribution in [0.2, 0.25) is 0 Å². The third-order valence-electron chi connectivity index (χ3n) is 2.71. The standard InChI is InChI=1S/C12H8F4N2O2/c1-18-10(8(5-17-18)11(19)20)7-3-2-6(13)4-9(7)12(14,15)16/h2-5H,1H3,(H,19,20). The molecule has 1 aromatic heterocycles. The summed E-state index contributed by atoms with van der Waals surface area (Å²) in [5.74, 6) is -2.47. The van der Waals surface area contributed by atoms with Gasteiger partial charge in [0.05, 0.1) is 17.5 Å². The van der Waals surface area contributed by atoms with Gasteiger partial charge in [-0.15, -0.1) is 0 Å². The quantitative estimate of drug-likeness (QED) is 0.864. The first-order valence-corrected chi connectivity index (χ1v) is 5.34. The van der Waals surface area contributed by atoms with Gasteiger partial charge in [-0.05, 0) is 18.2 Å². The summed E-state index contributed by atoms with van der Waals surface area (Å²) in [5.41, 5.74) is -2.30. The van der Waals surface area contributed by atoms with Crippen molar-refractivity contribution in [3.05, 3.63) is 41.3 Å². The van der Waals surface area contributed by atoms with E-state index in [9.17, 15) is 22.4 Å². The molecule has 0 unspecified atom stereocenters. The van der Waals surface area contributed by atoms with E-state index in [0.717, 1.165) is 23.0 Å². The average molecular weight is 288 g/mol. The fourth-order valence-corrected chi connectivity index (χ4v) is 1.87. The molecule has 0 saturated carbocycles. The molecule has 0 amide bonds. The second-order valence-electron chi connectivity index (χ2n) is 4.02. The van der Waals surface area contributed by atoms with Gasteiger partial charge in [0, 0.05) is 12.6 Å². The van der Waals surface area contributed by atoms with E-state index < -0.39 is 29.1 Å². The lowest BCUT2D eigenvalue weighted by Gasteiger charge is -2.13. The topological polar surface area (TPSA) is 55.1 Å². The number of hydrogen-bond acceptors (Lipinski definition) is 2. The van der Waals surface area contributed by atoms with E-state index in [0.29, 0.717) is 6.07 Å². The van der Waals surface area contributed by atoms with E-state index in [4.69, 9.17) is 5.11 Å². The number of alkyl halides is 3. The van der Waals surface area contributed by atoms with Gasteiger partial charge < -0.3 is 5.11 Å². The number of carboxylic acid groups (broad SMARTS) is 1. The molecule has 0 saturated heterocycles. The number of aryl methyl sites for hydroxylation is 1. The first-order valence-electron chi connectivity index (χ1n) is 5.34. The Morgan fingerprint density at radius 1 is 1.35 bits per heavy atom. The van der Waals surface area contributed by atoms with Crippen LogP contribution in [0.1, 0.15) is 15.9 Å². The van der Waals surface area contributed by atoms with Crippen molar-refractivity contribution in [2.24, 2.45) is 7.05 Å². The summed E-state index contributed by atoms with van der Waals surface area (Å²) >= 11 is 0. The zero-order chi connectivity index (χ0) is 15.1. The van der Waals surface area contributed by atoms with Gasteiger partial charge in [0.1, 0.15) is 11.4 Å². The number of carbonyl (C=O) groups is 1. The van der Waals surface area contributed by atoms with Crippen LogP contribution >= 0.6 is 0 Å². The van der Waals surface area contributed by atoms with Crippen molar-refractivity contribution < 1.29 is 27.5 Å². The van der Waals surface area contributed by atoms with E-state index in [2.05, 4.69) is 5.10 Å². The van der Waals surface area contributed by atoms with Gasteiger partial charge in [-0.3, -0.25) is 4.68 Å². The zero-order valence-corrected chi connectivity index (χ0v) is 10.1. The van der Waals surface area contributed by atoms with Crippen molar-refractivity contribution in [3.63, 3.8) is 0 Å². The molecule has 0 atom stereocenters. The van der Waals surface area contributed by atoms with Crippen LogP contribution < -0.4 is 0 Å². The highest BCUT2D eigenvalue weighted by Gasteiger charge is 2.36. The molecular formula is C12H8F4N2O2. The molecule has 0 aliphatic carbocycles. The predicted octanol–water partition coefficient (Wildman–Crippen LogP) is 2.94. The molecule has 8 heteroatoms. The van der Waals surface area contributed by atoms with E-state index in [1.165, 1.54) is 7.05 Å². The van der Waals surface area contributed by atoms with Crippen LogP contribution in [-0.4, -0.2) is 20.9 Å². The molecule has 0 bridgehead atoms. The Morgan fingerprint density at radius 2 is 2.00 bits per heavy atom. The van der Waals surface area contributed by atoms with E-state index >= 15 is 0 Å². The lowest BCUT2D eigenvalue weighted by atomic mass is 10.0. The minimum absolute atomic E-state index is 0.232. The molecule has 0 radical (unpaired) electrons. The predicted molar refractivity (Wildman–Crippen MR) is 60.6 cm³/mol. The van der Waals surface area contributed by atoms with Gasteiger partial charge in [0.2, 0.25) is 0 Å². The van der Waals surface area contributed by atoms with Crippen molar-refractivity contribution in [2.45, 2.75) is 6.18 Å². The molecular weight excluding hydrogens is 280 g/mol. The van der Waals surface area contributed by atoms with Crippen LogP contribution in [0.25, 0.3) is 11.3 Å². The van der Waals surface area contributed by atoms with Gasteiger partial charge in [-0.1, -0.05) is 0 Å². The van der Waals surface area contributed by atoms with Crippen LogP contribution in [-0.2, 0) is 13.2 Å². The van der Waals surface area contributed by atoms with E-state index in [1.807, 2.05) is 0 Å². The summed E-state index contributed by atoms with van der Waals surface area (Å²) in [6.45, 7) is 0. The Bertz CT molecular complexity index is 677. The summed E-state index contributed by atoms with van der Waals surface area (Å²) in [6, 6.07) is 2.05. The summed E-state index contributed by atoms with van der Waals surface area (Å²) < 4.78 is 52.9. The number of benzene rings is 1. The maximum atomic E-state index is 13.0. The molecule has 2 aromatic rings. The Kier molecular flexibility index (Phi) is 3.24. The molecule has 1 N–H and O–H groups in total. The molecule has 106 valence electrons. The van der Waals surface area contributed by atoms with Gasteiger partial charge in [-0.25, -0.2) is 9.18 Å². The minimum Gasteiger partial charge on any atom is -0.478 e. The molecule has 1 heterocycles. The highest BCUT2D eigenvalue weighted by Crippen LogP contribution is 2.38. The SMILES string of the molecule is Cn1ncc(C(=O)O)c1-c1ccc(F)cc1C(F)(F)F. The number of nitrogens with zero attached hydrogens (tertiary/aromatic N) is 2. The number of halogens is 4. The zero-order valence-electron chi connectivity index (χ0n) is 10.1. The second kappa shape index (κ2) is 4.62. The van der Waals surface area contributed by atoms with Crippen LogP contribution in [0.15, 0.2) is 24.4 Å². The normalized spacial score (nSPS) is 11.7. The number of hydrogen-bond donors (Lipinski definition) is 1. The molecule has 0 spiro atoms. The number of aromatic carboxylic acids is 1. The van der Waals surface area contributed by atoms with Crippen LogP contribution in [0.3, 0.4) is 0 Å². The number of carboxylic acids is 1. The Morgan fingerprint density at radius 3 is 2.55 bits per heavy atom. The summed E-state index contributed by atoms with van der Waals surface area (Å²) in [6.07, 6.45) is -3.86. The van der Waals surface area contributed by atoms with E-state index in [-0.39, 0.29) is 11.3 Å². The first-order chi connectivity index (χ1) is 9.21. The smallest absolute Gasteiger partial charge is 0.417 e. The summed E-state index contributed by atoms with van der Waals surface area (Å²) in [5, 5.41) is 12.6. The Hall–Kier alpha value is -2.38. The minimum atomic E-state index is -4.81. The fraction of sp³-hybridized carbons (Fsp3) is 0.167. The Balaban J connectivity index is 2.77. The monoisotopic (exact) mass is 288 g/mol. The summed E-state index contributed by atoms with van der Waals surface area (Å²) in [7, 11) is 1.31. The molecule has 4 nitrogen and oxygen atoms in total. The van der Waals surface area contributed by atoms with Crippen molar-refractivity contribution in [1.82, 2.24) is 9.78 Å². The molecule has 20 heavy (non-hydrogen) atoms. The van der Waals surface area contributed by atoms with Crippen molar-refractivity contribution in [1.29, 1.82) is 0 Å². The highest BCUT2D eigenvalue weighted by molar-refractivity contribution is 5.95. The van der Waals surface area contributed by atoms with Crippen molar-refractivity contribution in [2.75, 3.05) is 0 Å². The molecule has 1 aromatic carbocycles. The van der Waals surface area contributed by atoms with Crippen molar-refractivity contribution >= 4 is 5.97 Å². The Labute approximate surface area is 110 Å². The van der Waals surface area contributed by atoms with Crippen LogP contribution in [0.5, 0.6) is 0 Å².